The number of sulfonamides is 1. The van der Waals surface area contributed by atoms with Gasteiger partial charge in [-0.15, -0.1) is 0 Å². The van der Waals surface area contributed by atoms with Gasteiger partial charge in [-0.25, -0.2) is 26.2 Å². The average molecular weight is 418 g/mol. The predicted octanol–water partition coefficient (Wildman–Crippen LogP) is 1.65. The summed E-state index contributed by atoms with van der Waals surface area (Å²) in [7, 11) is -4.31. The molecule has 0 radical (unpaired) electrons. The van der Waals surface area contributed by atoms with Gasteiger partial charge in [0.25, 0.3) is 0 Å². The second-order valence-corrected chi connectivity index (χ2v) is 10.9. The number of benzene rings is 1. The topological polar surface area (TPSA) is 87.1 Å². The average Bonchev–Trinajstić information content (AvgIpc) is 2.52. The first-order valence-electron chi connectivity index (χ1n) is 8.19. The quantitative estimate of drug-likeness (QED) is 0.727. The monoisotopic (exact) mass is 417 g/mol. The first-order valence-corrected chi connectivity index (χ1v) is 11.9. The fourth-order valence-corrected chi connectivity index (χ4v) is 4.82. The Kier molecular flexibility index (Phi) is 5.84. The number of halogens is 1. The number of sulfone groups is 1. The van der Waals surface area contributed by atoms with Gasteiger partial charge in [0, 0.05) is 31.6 Å². The molecule has 1 unspecified atom stereocenters. The van der Waals surface area contributed by atoms with E-state index in [0.29, 0.717) is 11.3 Å². The Bertz CT molecular complexity index is 997. The van der Waals surface area contributed by atoms with E-state index in [2.05, 4.69) is 4.99 Å². The van der Waals surface area contributed by atoms with E-state index in [0.717, 1.165) is 16.8 Å². The first-order chi connectivity index (χ1) is 12.2. The molecular formula is C17H24FN3O4S2. The fourth-order valence-electron chi connectivity index (χ4n) is 3.01. The van der Waals surface area contributed by atoms with Gasteiger partial charge in [0.05, 0.1) is 12.0 Å². The Morgan fingerprint density at radius 2 is 1.63 bits per heavy atom. The van der Waals surface area contributed by atoms with Gasteiger partial charge in [0.2, 0.25) is 10.0 Å². The Morgan fingerprint density at radius 3 is 2.04 bits per heavy atom. The van der Waals surface area contributed by atoms with Crippen LogP contribution in [0.15, 0.2) is 39.9 Å². The number of hydrogen-bond acceptors (Lipinski definition) is 6. The van der Waals surface area contributed by atoms with E-state index in [1.165, 1.54) is 31.3 Å². The maximum absolute atomic E-state index is 13.3. The first kappa shape index (κ1) is 21.5. The normalized spacial score (nSPS) is 19.1. The molecule has 1 atom stereocenters. The van der Waals surface area contributed by atoms with Crippen LogP contribution in [0, 0.1) is 11.7 Å². The Morgan fingerprint density at radius 1 is 1.11 bits per heavy atom. The molecule has 0 amide bonds. The Hall–Kier alpha value is -1.78. The number of allylic oxidation sites excluding steroid dienone is 2. The number of aliphatic imine (C=N–C) groups is 1. The van der Waals surface area contributed by atoms with Crippen LogP contribution in [0.5, 0.6) is 0 Å². The van der Waals surface area contributed by atoms with Gasteiger partial charge < -0.3 is 4.90 Å². The summed E-state index contributed by atoms with van der Waals surface area (Å²) in [4.78, 5) is 6.01. The van der Waals surface area contributed by atoms with Crippen molar-refractivity contribution in [1.82, 2.24) is 9.21 Å². The summed E-state index contributed by atoms with van der Waals surface area (Å²) in [5.74, 6) is -0.688. The molecule has 150 valence electrons. The lowest BCUT2D eigenvalue weighted by atomic mass is 10.0. The Labute approximate surface area is 160 Å². The van der Waals surface area contributed by atoms with Gasteiger partial charge >= 0.3 is 0 Å². The van der Waals surface area contributed by atoms with Gasteiger partial charge in [0.1, 0.15) is 10.7 Å². The van der Waals surface area contributed by atoms with Gasteiger partial charge in [-0.1, -0.05) is 13.8 Å². The molecule has 1 heterocycles. The maximum atomic E-state index is 13.3. The van der Waals surface area contributed by atoms with Crippen LogP contribution in [-0.2, 0) is 19.9 Å². The van der Waals surface area contributed by atoms with Crippen LogP contribution in [0.1, 0.15) is 19.4 Å². The van der Waals surface area contributed by atoms with Crippen LogP contribution in [0.3, 0.4) is 0 Å². The molecule has 0 saturated heterocycles. The highest BCUT2D eigenvalue weighted by Gasteiger charge is 2.38. The lowest BCUT2D eigenvalue weighted by molar-refractivity contribution is 0.175. The van der Waals surface area contributed by atoms with Crippen molar-refractivity contribution >= 4 is 25.6 Å². The molecule has 0 fully saturated rings. The van der Waals surface area contributed by atoms with Crippen LogP contribution < -0.4 is 0 Å². The van der Waals surface area contributed by atoms with Gasteiger partial charge in [-0.3, -0.25) is 0 Å². The molecule has 0 N–H and O–H groups in total. The third-order valence-corrected chi connectivity index (χ3v) is 6.68. The zero-order chi connectivity index (χ0) is 20.7. The van der Waals surface area contributed by atoms with E-state index >= 15 is 0 Å². The van der Waals surface area contributed by atoms with E-state index in [1.54, 1.807) is 11.9 Å². The summed E-state index contributed by atoms with van der Waals surface area (Å²) in [6, 6.07) is 5.28. The molecule has 0 bridgehead atoms. The SMILES string of the molecule is CC(C)C1=C(S(C)(=O)=O)C(c2ccc(F)cc2)=NC(N(C)S(C)(=O)=O)N1C. The molecule has 1 aromatic carbocycles. The van der Waals surface area contributed by atoms with Crippen molar-refractivity contribution in [1.29, 1.82) is 0 Å². The molecule has 0 saturated carbocycles. The molecule has 1 aliphatic rings. The van der Waals surface area contributed by atoms with Crippen molar-refractivity contribution in [2.45, 2.75) is 20.1 Å². The van der Waals surface area contributed by atoms with E-state index in [1.807, 2.05) is 13.8 Å². The molecule has 1 aromatic rings. The molecular weight excluding hydrogens is 393 g/mol. The smallest absolute Gasteiger partial charge is 0.214 e. The third kappa shape index (κ3) is 4.39. The number of rotatable bonds is 5. The summed E-state index contributed by atoms with van der Waals surface area (Å²) in [6.45, 7) is 3.64. The largest absolute Gasteiger partial charge is 0.342 e. The molecule has 1 aliphatic heterocycles. The van der Waals surface area contributed by atoms with E-state index in [9.17, 15) is 21.2 Å². The van der Waals surface area contributed by atoms with Crippen molar-refractivity contribution < 1.29 is 21.2 Å². The second kappa shape index (κ2) is 7.33. The predicted molar refractivity (Wildman–Crippen MR) is 104 cm³/mol. The van der Waals surface area contributed by atoms with Crippen molar-refractivity contribution in [2.75, 3.05) is 26.6 Å². The van der Waals surface area contributed by atoms with Gasteiger partial charge in [-0.2, -0.15) is 4.31 Å². The summed E-state index contributed by atoms with van der Waals surface area (Å²) in [5.41, 5.74) is 0.974. The van der Waals surface area contributed by atoms with Crippen LogP contribution in [0.25, 0.3) is 0 Å². The molecule has 0 spiro atoms. The van der Waals surface area contributed by atoms with E-state index in [4.69, 9.17) is 0 Å². The molecule has 2 rings (SSSR count). The van der Waals surface area contributed by atoms with Crippen LogP contribution in [-0.4, -0.2) is 64.6 Å². The van der Waals surface area contributed by atoms with Gasteiger partial charge in [0.15, 0.2) is 16.1 Å². The van der Waals surface area contributed by atoms with Crippen molar-refractivity contribution in [2.24, 2.45) is 10.9 Å². The zero-order valence-electron chi connectivity index (χ0n) is 16.1. The standard InChI is InChI=1S/C17H24FN3O4S2/c1-11(2)15-16(26(5,22)23)14(12-7-9-13(18)10-8-12)19-17(20(15)3)21(4)27(6,24)25/h7-11,17H,1-6H3. The summed E-state index contributed by atoms with van der Waals surface area (Å²) in [6.07, 6.45) is 1.18. The number of nitrogens with zero attached hydrogens (tertiary/aromatic N) is 3. The lowest BCUT2D eigenvalue weighted by Gasteiger charge is -2.40. The number of hydrogen-bond donors (Lipinski definition) is 0. The maximum Gasteiger partial charge on any atom is 0.214 e. The van der Waals surface area contributed by atoms with E-state index < -0.39 is 32.0 Å². The second-order valence-electron chi connectivity index (χ2n) is 6.86. The van der Waals surface area contributed by atoms with E-state index in [-0.39, 0.29) is 16.5 Å². The highest BCUT2D eigenvalue weighted by Crippen LogP contribution is 2.33. The van der Waals surface area contributed by atoms with Crippen molar-refractivity contribution in [3.05, 3.63) is 46.2 Å². The summed E-state index contributed by atoms with van der Waals surface area (Å²) < 4.78 is 63.7. The van der Waals surface area contributed by atoms with Crippen LogP contribution in [0.2, 0.25) is 0 Å². The minimum Gasteiger partial charge on any atom is -0.342 e. The van der Waals surface area contributed by atoms with Crippen LogP contribution in [0.4, 0.5) is 4.39 Å². The highest BCUT2D eigenvalue weighted by molar-refractivity contribution is 7.95. The Balaban J connectivity index is 2.84. The van der Waals surface area contributed by atoms with Crippen molar-refractivity contribution in [3.63, 3.8) is 0 Å². The van der Waals surface area contributed by atoms with Crippen LogP contribution >= 0.6 is 0 Å². The van der Waals surface area contributed by atoms with Gasteiger partial charge in [-0.05, 0) is 30.2 Å². The fraction of sp³-hybridized carbons (Fsp3) is 0.471. The summed E-state index contributed by atoms with van der Waals surface area (Å²) >= 11 is 0. The molecule has 7 nitrogen and oxygen atoms in total. The zero-order valence-corrected chi connectivity index (χ0v) is 17.8. The molecule has 0 aliphatic carbocycles. The minimum absolute atomic E-state index is 0.0183. The lowest BCUT2D eigenvalue weighted by Crippen LogP contribution is -2.50. The minimum atomic E-state index is -3.70. The molecule has 10 heteroatoms. The molecule has 0 aromatic heterocycles. The highest BCUT2D eigenvalue weighted by atomic mass is 32.2. The summed E-state index contributed by atoms with van der Waals surface area (Å²) in [5, 5.41) is 0. The third-order valence-electron chi connectivity index (χ3n) is 4.30. The molecule has 27 heavy (non-hydrogen) atoms. The van der Waals surface area contributed by atoms with Crippen molar-refractivity contribution in [3.8, 4) is 0 Å².